The third-order valence-corrected chi connectivity index (χ3v) is 2.50. The van der Waals surface area contributed by atoms with Crippen LogP contribution in [0.5, 0.6) is 0 Å². The number of carbonyl (C=O) groups is 1. The zero-order chi connectivity index (χ0) is 8.97. The lowest BCUT2D eigenvalue weighted by Crippen LogP contribution is -2.38. The highest BCUT2D eigenvalue weighted by molar-refractivity contribution is 5.73. The molecule has 1 aliphatic rings. The van der Waals surface area contributed by atoms with E-state index in [0.717, 1.165) is 32.4 Å². The van der Waals surface area contributed by atoms with Crippen LogP contribution < -0.4 is 0 Å². The Labute approximate surface area is 73.4 Å². The third-order valence-electron chi connectivity index (χ3n) is 2.50. The quantitative estimate of drug-likeness (QED) is 0.662. The predicted octanol–water partition coefficient (Wildman–Crippen LogP) is 0.627. The molecule has 0 aliphatic carbocycles. The maximum Gasteiger partial charge on any atom is 0.219 e. The second-order valence-electron chi connectivity index (χ2n) is 3.49. The zero-order valence-corrected chi connectivity index (χ0v) is 7.62. The van der Waals surface area contributed by atoms with Crippen molar-refractivity contribution in [1.82, 2.24) is 4.90 Å². The molecule has 0 aromatic rings. The van der Waals surface area contributed by atoms with E-state index < -0.39 is 0 Å². The van der Waals surface area contributed by atoms with Crippen molar-refractivity contribution < 1.29 is 9.90 Å². The molecule has 0 aromatic heterocycles. The maximum absolute atomic E-state index is 11.0. The van der Waals surface area contributed by atoms with Crippen molar-refractivity contribution in [2.75, 3.05) is 19.7 Å². The molecule has 0 saturated carbocycles. The molecule has 3 nitrogen and oxygen atoms in total. The predicted molar refractivity (Wildman–Crippen MR) is 46.7 cm³/mol. The first kappa shape index (κ1) is 9.52. The van der Waals surface area contributed by atoms with E-state index in [1.165, 1.54) is 0 Å². The van der Waals surface area contributed by atoms with E-state index in [2.05, 4.69) is 0 Å². The number of hydrogen-bond donors (Lipinski definition) is 1. The van der Waals surface area contributed by atoms with Crippen molar-refractivity contribution in [3.8, 4) is 0 Å². The van der Waals surface area contributed by atoms with Gasteiger partial charge in [0, 0.05) is 26.6 Å². The van der Waals surface area contributed by atoms with Gasteiger partial charge in [-0.15, -0.1) is 0 Å². The van der Waals surface area contributed by atoms with Crippen LogP contribution in [0.25, 0.3) is 0 Å². The first-order valence-electron chi connectivity index (χ1n) is 4.60. The first-order chi connectivity index (χ1) is 5.74. The number of piperidine rings is 1. The molecule has 1 amide bonds. The molecule has 0 bridgehead atoms. The average Bonchev–Trinajstić information content (AvgIpc) is 2.05. The Bertz CT molecular complexity index is 157. The standard InChI is InChI=1S/C9H17NO2/c1-8(12)10-5-2-3-9(7-10)4-6-11/h9,11H,2-7H2,1H3. The number of rotatable bonds is 2. The molecule has 12 heavy (non-hydrogen) atoms. The molecule has 1 atom stereocenters. The minimum absolute atomic E-state index is 0.164. The Morgan fingerprint density at radius 3 is 3.00 bits per heavy atom. The fourth-order valence-corrected chi connectivity index (χ4v) is 1.77. The molecule has 1 N–H and O–H groups in total. The van der Waals surface area contributed by atoms with Gasteiger partial charge < -0.3 is 10.0 Å². The SMILES string of the molecule is CC(=O)N1CCCC(CCO)C1. The molecule has 1 aliphatic heterocycles. The number of aliphatic hydroxyl groups excluding tert-OH is 1. The van der Waals surface area contributed by atoms with Crippen LogP contribution in [0.4, 0.5) is 0 Å². The molecule has 1 heterocycles. The van der Waals surface area contributed by atoms with E-state index in [-0.39, 0.29) is 12.5 Å². The minimum Gasteiger partial charge on any atom is -0.396 e. The Kier molecular flexibility index (Phi) is 3.53. The molecule has 1 saturated heterocycles. The highest BCUT2D eigenvalue weighted by Gasteiger charge is 2.20. The lowest BCUT2D eigenvalue weighted by molar-refractivity contribution is -0.130. The van der Waals surface area contributed by atoms with Gasteiger partial charge in [-0.2, -0.15) is 0 Å². The van der Waals surface area contributed by atoms with Crippen LogP contribution in [-0.2, 0) is 4.79 Å². The number of amides is 1. The Hall–Kier alpha value is -0.570. The van der Waals surface area contributed by atoms with Crippen LogP contribution in [0, 0.1) is 5.92 Å². The van der Waals surface area contributed by atoms with Crippen molar-refractivity contribution in [3.63, 3.8) is 0 Å². The van der Waals surface area contributed by atoms with Gasteiger partial charge in [0.05, 0.1) is 0 Å². The van der Waals surface area contributed by atoms with Gasteiger partial charge in [-0.3, -0.25) is 4.79 Å². The topological polar surface area (TPSA) is 40.5 Å². The summed E-state index contributed by atoms with van der Waals surface area (Å²) < 4.78 is 0. The number of hydrogen-bond acceptors (Lipinski definition) is 2. The summed E-state index contributed by atoms with van der Waals surface area (Å²) in [6.45, 7) is 3.60. The van der Waals surface area contributed by atoms with Gasteiger partial charge in [0.1, 0.15) is 0 Å². The summed E-state index contributed by atoms with van der Waals surface area (Å²) in [5, 5.41) is 8.74. The van der Waals surface area contributed by atoms with Crippen LogP contribution >= 0.6 is 0 Å². The van der Waals surface area contributed by atoms with Gasteiger partial charge in [-0.05, 0) is 25.2 Å². The molecule has 1 unspecified atom stereocenters. The molecular formula is C9H17NO2. The monoisotopic (exact) mass is 171 g/mol. The molecule has 70 valence electrons. The van der Waals surface area contributed by atoms with Gasteiger partial charge in [0.25, 0.3) is 0 Å². The van der Waals surface area contributed by atoms with Gasteiger partial charge in [-0.25, -0.2) is 0 Å². The van der Waals surface area contributed by atoms with Crippen LogP contribution in [0.2, 0.25) is 0 Å². The van der Waals surface area contributed by atoms with Gasteiger partial charge in [0.15, 0.2) is 0 Å². The second kappa shape index (κ2) is 4.45. The van der Waals surface area contributed by atoms with E-state index in [0.29, 0.717) is 5.92 Å². The Balaban J connectivity index is 2.35. The maximum atomic E-state index is 11.0. The molecule has 1 fully saturated rings. The average molecular weight is 171 g/mol. The van der Waals surface area contributed by atoms with Crippen LogP contribution in [0.15, 0.2) is 0 Å². The fourth-order valence-electron chi connectivity index (χ4n) is 1.77. The van der Waals surface area contributed by atoms with Crippen molar-refractivity contribution in [1.29, 1.82) is 0 Å². The third kappa shape index (κ3) is 2.48. The van der Waals surface area contributed by atoms with E-state index in [9.17, 15) is 4.79 Å². The van der Waals surface area contributed by atoms with Crippen molar-refractivity contribution in [3.05, 3.63) is 0 Å². The lowest BCUT2D eigenvalue weighted by atomic mass is 9.95. The van der Waals surface area contributed by atoms with Crippen LogP contribution in [-0.4, -0.2) is 35.6 Å². The summed E-state index contributed by atoms with van der Waals surface area (Å²) in [6.07, 6.45) is 3.08. The van der Waals surface area contributed by atoms with Crippen molar-refractivity contribution in [2.24, 2.45) is 5.92 Å². The molecular weight excluding hydrogens is 154 g/mol. The summed E-state index contributed by atoms with van der Waals surface area (Å²) in [4.78, 5) is 12.9. The van der Waals surface area contributed by atoms with Crippen LogP contribution in [0.1, 0.15) is 26.2 Å². The minimum atomic E-state index is 0.164. The van der Waals surface area contributed by atoms with E-state index in [1.54, 1.807) is 6.92 Å². The summed E-state index contributed by atoms with van der Waals surface area (Å²) in [5.41, 5.74) is 0. The summed E-state index contributed by atoms with van der Waals surface area (Å²) >= 11 is 0. The highest BCUT2D eigenvalue weighted by Crippen LogP contribution is 2.18. The number of aliphatic hydroxyl groups is 1. The van der Waals surface area contributed by atoms with Gasteiger partial charge in [0.2, 0.25) is 5.91 Å². The van der Waals surface area contributed by atoms with Gasteiger partial charge in [-0.1, -0.05) is 0 Å². The number of likely N-dealkylation sites (tertiary alicyclic amines) is 1. The van der Waals surface area contributed by atoms with Crippen molar-refractivity contribution >= 4 is 5.91 Å². The van der Waals surface area contributed by atoms with Crippen LogP contribution in [0.3, 0.4) is 0 Å². The number of carbonyl (C=O) groups excluding carboxylic acids is 1. The Morgan fingerprint density at radius 1 is 1.67 bits per heavy atom. The molecule has 0 aromatic carbocycles. The molecule has 1 rings (SSSR count). The lowest BCUT2D eigenvalue weighted by Gasteiger charge is -2.31. The van der Waals surface area contributed by atoms with E-state index in [4.69, 9.17) is 5.11 Å². The summed E-state index contributed by atoms with van der Waals surface area (Å²) in [6, 6.07) is 0. The molecule has 0 spiro atoms. The van der Waals surface area contributed by atoms with E-state index >= 15 is 0 Å². The molecule has 3 heteroatoms. The first-order valence-corrected chi connectivity index (χ1v) is 4.60. The summed E-state index contributed by atoms with van der Waals surface area (Å²) in [5.74, 6) is 0.685. The second-order valence-corrected chi connectivity index (χ2v) is 3.49. The van der Waals surface area contributed by atoms with Gasteiger partial charge >= 0.3 is 0 Å². The molecule has 0 radical (unpaired) electrons. The Morgan fingerprint density at radius 2 is 2.42 bits per heavy atom. The summed E-state index contributed by atoms with van der Waals surface area (Å²) in [7, 11) is 0. The number of nitrogens with zero attached hydrogens (tertiary/aromatic N) is 1. The van der Waals surface area contributed by atoms with Crippen molar-refractivity contribution in [2.45, 2.75) is 26.2 Å². The fraction of sp³-hybridized carbons (Fsp3) is 0.889. The highest BCUT2D eigenvalue weighted by atomic mass is 16.3. The smallest absolute Gasteiger partial charge is 0.219 e. The largest absolute Gasteiger partial charge is 0.396 e. The zero-order valence-electron chi connectivity index (χ0n) is 7.62. The van der Waals surface area contributed by atoms with E-state index in [1.807, 2.05) is 4.90 Å². The normalized spacial score (nSPS) is 24.2.